The molecule has 0 radical (unpaired) electrons. The van der Waals surface area contributed by atoms with Crippen molar-refractivity contribution in [1.82, 2.24) is 14.0 Å². The molecule has 5 nitrogen and oxygen atoms in total. The summed E-state index contributed by atoms with van der Waals surface area (Å²) in [5.74, 6) is -0.0693. The molecule has 0 atom stereocenters. The number of fused-ring (bicyclic) bond motifs is 1. The summed E-state index contributed by atoms with van der Waals surface area (Å²) in [6, 6.07) is 0. The van der Waals surface area contributed by atoms with Gasteiger partial charge in [0.25, 0.3) is 0 Å². The number of rotatable bonds is 2. The number of nitrogens with zero attached hydrogens (tertiary/aromatic N) is 3. The normalized spacial score (nSPS) is 10.8. The molecule has 0 aliphatic heterocycles. The van der Waals surface area contributed by atoms with Crippen molar-refractivity contribution in [3.63, 3.8) is 0 Å². The van der Waals surface area contributed by atoms with Crippen molar-refractivity contribution in [3.8, 4) is 0 Å². The zero-order chi connectivity index (χ0) is 9.42. The number of aryl methyl sites for hydroxylation is 1. The maximum atomic E-state index is 10.5. The first kappa shape index (κ1) is 7.85. The Hall–Kier alpha value is -1.78. The van der Waals surface area contributed by atoms with Gasteiger partial charge < -0.3 is 9.67 Å². The van der Waals surface area contributed by atoms with Crippen molar-refractivity contribution in [2.24, 2.45) is 7.05 Å². The number of aliphatic carboxylic acids is 1. The van der Waals surface area contributed by atoms with Crippen LogP contribution in [0.5, 0.6) is 0 Å². The molecular weight excluding hydrogens is 170 g/mol. The smallest absolute Gasteiger partial charge is 0.309 e. The molecule has 0 fully saturated rings. The summed E-state index contributed by atoms with van der Waals surface area (Å²) in [6.45, 7) is 0. The van der Waals surface area contributed by atoms with Crippen molar-refractivity contribution in [1.29, 1.82) is 0 Å². The molecule has 0 aliphatic rings. The summed E-state index contributed by atoms with van der Waals surface area (Å²) in [7, 11) is 1.81. The van der Waals surface area contributed by atoms with Crippen LogP contribution in [0.4, 0.5) is 0 Å². The number of aromatic nitrogens is 3. The molecule has 0 spiro atoms. The summed E-state index contributed by atoms with van der Waals surface area (Å²) in [5, 5.41) is 8.61. The van der Waals surface area contributed by atoms with E-state index < -0.39 is 5.97 Å². The zero-order valence-electron chi connectivity index (χ0n) is 7.14. The van der Waals surface area contributed by atoms with Gasteiger partial charge in [0.05, 0.1) is 6.42 Å². The van der Waals surface area contributed by atoms with Crippen LogP contribution in [0.1, 0.15) is 5.69 Å². The largest absolute Gasteiger partial charge is 0.481 e. The van der Waals surface area contributed by atoms with E-state index in [4.69, 9.17) is 5.11 Å². The fourth-order valence-corrected chi connectivity index (χ4v) is 1.36. The maximum absolute atomic E-state index is 10.5. The minimum absolute atomic E-state index is 0.0276. The van der Waals surface area contributed by atoms with Crippen LogP contribution in [0.3, 0.4) is 0 Å². The van der Waals surface area contributed by atoms with Crippen LogP contribution in [0, 0.1) is 0 Å². The lowest BCUT2D eigenvalue weighted by atomic mass is 10.3. The third-order valence-corrected chi connectivity index (χ3v) is 2.00. The van der Waals surface area contributed by atoms with E-state index in [2.05, 4.69) is 4.98 Å². The van der Waals surface area contributed by atoms with E-state index >= 15 is 0 Å². The van der Waals surface area contributed by atoms with Gasteiger partial charge >= 0.3 is 5.97 Å². The van der Waals surface area contributed by atoms with Crippen LogP contribution in [0.25, 0.3) is 5.78 Å². The van der Waals surface area contributed by atoms with Crippen LogP contribution >= 0.6 is 0 Å². The maximum Gasteiger partial charge on any atom is 0.309 e. The SMILES string of the molecule is Cn1c(CC(=O)O)cn2ccnc12. The first-order valence-corrected chi connectivity index (χ1v) is 3.87. The summed E-state index contributed by atoms with van der Waals surface area (Å²) in [6.07, 6.45) is 5.27. The lowest BCUT2D eigenvalue weighted by Crippen LogP contribution is -2.04. The van der Waals surface area contributed by atoms with Gasteiger partial charge in [-0.2, -0.15) is 0 Å². The molecule has 0 aromatic carbocycles. The molecule has 2 rings (SSSR count). The predicted octanol–water partition coefficient (Wildman–Crippen LogP) is 0.300. The highest BCUT2D eigenvalue weighted by molar-refractivity contribution is 5.69. The molecule has 2 heterocycles. The topological polar surface area (TPSA) is 59.5 Å². The minimum atomic E-state index is -0.830. The number of carboxylic acid groups (broad SMARTS) is 1. The summed E-state index contributed by atoms with van der Waals surface area (Å²) < 4.78 is 3.58. The highest BCUT2D eigenvalue weighted by atomic mass is 16.4. The molecule has 2 aromatic heterocycles. The van der Waals surface area contributed by atoms with Gasteiger partial charge in [-0.15, -0.1) is 0 Å². The van der Waals surface area contributed by atoms with E-state index in [1.807, 2.05) is 0 Å². The highest BCUT2D eigenvalue weighted by Gasteiger charge is 2.08. The average Bonchev–Trinajstić information content (AvgIpc) is 2.56. The van der Waals surface area contributed by atoms with Crippen molar-refractivity contribution in [2.45, 2.75) is 6.42 Å². The average molecular weight is 179 g/mol. The third kappa shape index (κ3) is 1.18. The number of carbonyl (C=O) groups is 1. The van der Waals surface area contributed by atoms with Gasteiger partial charge in [0.2, 0.25) is 5.78 Å². The Balaban J connectivity index is 2.51. The number of hydrogen-bond acceptors (Lipinski definition) is 2. The van der Waals surface area contributed by atoms with Gasteiger partial charge in [0.1, 0.15) is 0 Å². The Kier molecular flexibility index (Phi) is 1.58. The molecule has 2 aromatic rings. The Bertz CT molecular complexity index is 455. The van der Waals surface area contributed by atoms with Crippen molar-refractivity contribution in [3.05, 3.63) is 24.3 Å². The first-order valence-electron chi connectivity index (χ1n) is 3.87. The second kappa shape index (κ2) is 2.62. The first-order chi connectivity index (χ1) is 6.18. The molecule has 13 heavy (non-hydrogen) atoms. The zero-order valence-corrected chi connectivity index (χ0v) is 7.14. The fourth-order valence-electron chi connectivity index (χ4n) is 1.36. The monoisotopic (exact) mass is 179 g/mol. The molecule has 68 valence electrons. The van der Waals surface area contributed by atoms with Crippen LogP contribution < -0.4 is 0 Å². The van der Waals surface area contributed by atoms with E-state index in [1.165, 1.54) is 0 Å². The highest BCUT2D eigenvalue weighted by Crippen LogP contribution is 2.07. The quantitative estimate of drug-likeness (QED) is 0.721. The second-order valence-corrected chi connectivity index (χ2v) is 2.88. The van der Waals surface area contributed by atoms with E-state index in [-0.39, 0.29) is 6.42 Å². The molecule has 0 unspecified atom stereocenters. The molecule has 0 bridgehead atoms. The summed E-state index contributed by atoms with van der Waals surface area (Å²) in [5.41, 5.74) is 0.746. The van der Waals surface area contributed by atoms with Gasteiger partial charge in [-0.1, -0.05) is 0 Å². The Morgan fingerprint density at radius 3 is 3.08 bits per heavy atom. The van der Waals surface area contributed by atoms with Gasteiger partial charge in [-0.05, 0) is 0 Å². The number of carboxylic acids is 1. The lowest BCUT2D eigenvalue weighted by Gasteiger charge is -1.96. The summed E-state index contributed by atoms with van der Waals surface area (Å²) in [4.78, 5) is 14.6. The Morgan fingerprint density at radius 1 is 1.69 bits per heavy atom. The second-order valence-electron chi connectivity index (χ2n) is 2.88. The van der Waals surface area contributed by atoms with Gasteiger partial charge in [0.15, 0.2) is 0 Å². The molecule has 1 N–H and O–H groups in total. The van der Waals surface area contributed by atoms with Crippen molar-refractivity contribution >= 4 is 11.7 Å². The fraction of sp³-hybridized carbons (Fsp3) is 0.250. The van der Waals surface area contributed by atoms with Crippen molar-refractivity contribution < 1.29 is 9.90 Å². The van der Waals surface area contributed by atoms with Crippen LogP contribution in [-0.4, -0.2) is 25.0 Å². The van der Waals surface area contributed by atoms with E-state index in [0.717, 1.165) is 11.5 Å². The van der Waals surface area contributed by atoms with Gasteiger partial charge in [-0.25, -0.2) is 4.98 Å². The summed E-state index contributed by atoms with van der Waals surface area (Å²) >= 11 is 0. The molecule has 0 saturated carbocycles. The predicted molar refractivity (Wildman–Crippen MR) is 45.5 cm³/mol. The molecule has 5 heteroatoms. The third-order valence-electron chi connectivity index (χ3n) is 2.00. The number of imidazole rings is 2. The van der Waals surface area contributed by atoms with E-state index in [0.29, 0.717) is 0 Å². The lowest BCUT2D eigenvalue weighted by molar-refractivity contribution is -0.136. The van der Waals surface area contributed by atoms with E-state index in [1.54, 1.807) is 34.6 Å². The standard InChI is InChI=1S/C8H9N3O2/c1-10-6(4-7(12)13)5-11-3-2-9-8(10)11/h2-3,5H,4H2,1H3,(H,12,13). The minimum Gasteiger partial charge on any atom is -0.481 e. The molecule has 0 amide bonds. The van der Waals surface area contributed by atoms with Crippen LogP contribution in [0.2, 0.25) is 0 Å². The Labute approximate surface area is 74.2 Å². The van der Waals surface area contributed by atoms with Gasteiger partial charge in [0, 0.05) is 31.3 Å². The molecule has 0 saturated heterocycles. The molecule has 0 aliphatic carbocycles. The van der Waals surface area contributed by atoms with E-state index in [9.17, 15) is 4.79 Å². The Morgan fingerprint density at radius 2 is 2.46 bits per heavy atom. The van der Waals surface area contributed by atoms with Gasteiger partial charge in [-0.3, -0.25) is 9.20 Å². The van der Waals surface area contributed by atoms with Crippen LogP contribution in [-0.2, 0) is 18.3 Å². The van der Waals surface area contributed by atoms with Crippen molar-refractivity contribution in [2.75, 3.05) is 0 Å². The number of hydrogen-bond donors (Lipinski definition) is 1. The molecular formula is C8H9N3O2. The van der Waals surface area contributed by atoms with Crippen LogP contribution in [0.15, 0.2) is 18.6 Å².